The van der Waals surface area contributed by atoms with Crippen LogP contribution in [0.1, 0.15) is 25.7 Å². The summed E-state index contributed by atoms with van der Waals surface area (Å²) in [7, 11) is 0. The number of carbonyl (C=O) groups excluding carboxylic acids is 1. The van der Waals surface area contributed by atoms with Gasteiger partial charge < -0.3 is 4.90 Å². The van der Waals surface area contributed by atoms with Crippen LogP contribution >= 0.6 is 0 Å². The zero-order valence-corrected chi connectivity index (χ0v) is 7.38. The first kappa shape index (κ1) is 9.48. The van der Waals surface area contributed by atoms with Gasteiger partial charge >= 0.3 is 0 Å². The zero-order valence-electron chi connectivity index (χ0n) is 7.38. The van der Waals surface area contributed by atoms with Crippen molar-refractivity contribution in [3.05, 3.63) is 0 Å². The minimum absolute atomic E-state index is 0.0689. The number of likely N-dealkylation sites (tertiary alicyclic amines) is 1. The predicted molar refractivity (Wildman–Crippen MR) is 47.2 cm³/mol. The molecule has 0 aromatic rings. The average molecular weight is 171 g/mol. The quantitative estimate of drug-likeness (QED) is 0.353. The maximum absolute atomic E-state index is 10.8. The van der Waals surface area contributed by atoms with Crippen LogP contribution in [-0.2, 0) is 4.79 Å². The van der Waals surface area contributed by atoms with Crippen molar-refractivity contribution in [1.82, 2.24) is 10.3 Å². The molecular weight excluding hydrogens is 154 g/mol. The molecule has 12 heavy (non-hydrogen) atoms. The highest BCUT2D eigenvalue weighted by atomic mass is 16.2. The van der Waals surface area contributed by atoms with E-state index in [0.717, 1.165) is 19.6 Å². The largest absolute Gasteiger partial charge is 0.303 e. The predicted octanol–water partition coefficient (Wildman–Crippen LogP) is -0.148. The van der Waals surface area contributed by atoms with Gasteiger partial charge in [-0.15, -0.1) is 0 Å². The summed E-state index contributed by atoms with van der Waals surface area (Å²) < 4.78 is 0. The maximum atomic E-state index is 10.8. The summed E-state index contributed by atoms with van der Waals surface area (Å²) >= 11 is 0. The minimum atomic E-state index is -0.0689. The Kier molecular flexibility index (Phi) is 4.04. The number of piperidine rings is 1. The second-order valence-electron chi connectivity index (χ2n) is 3.22. The molecule has 1 amide bonds. The Balaban J connectivity index is 2.09. The number of hydrogen-bond acceptors (Lipinski definition) is 3. The van der Waals surface area contributed by atoms with Crippen molar-refractivity contribution in [3.8, 4) is 0 Å². The number of amides is 1. The van der Waals surface area contributed by atoms with Gasteiger partial charge in [-0.05, 0) is 25.9 Å². The molecule has 1 saturated heterocycles. The van der Waals surface area contributed by atoms with Crippen LogP contribution in [0.3, 0.4) is 0 Å². The third-order valence-corrected chi connectivity index (χ3v) is 2.26. The van der Waals surface area contributed by atoms with Gasteiger partial charge in [0.15, 0.2) is 0 Å². The summed E-state index contributed by atoms with van der Waals surface area (Å²) in [5.74, 6) is 4.90. The van der Waals surface area contributed by atoms with Crippen LogP contribution < -0.4 is 11.3 Å². The van der Waals surface area contributed by atoms with E-state index in [1.807, 2.05) is 0 Å². The fourth-order valence-electron chi connectivity index (χ4n) is 1.51. The lowest BCUT2D eigenvalue weighted by molar-refractivity contribution is -0.121. The van der Waals surface area contributed by atoms with Gasteiger partial charge in [0.1, 0.15) is 0 Å². The molecule has 0 aliphatic carbocycles. The summed E-state index contributed by atoms with van der Waals surface area (Å²) in [4.78, 5) is 13.1. The summed E-state index contributed by atoms with van der Waals surface area (Å²) in [6.07, 6.45) is 4.39. The van der Waals surface area contributed by atoms with Crippen LogP contribution in [0.2, 0.25) is 0 Å². The lowest BCUT2D eigenvalue weighted by Crippen LogP contribution is -2.36. The van der Waals surface area contributed by atoms with E-state index in [4.69, 9.17) is 5.84 Å². The van der Waals surface area contributed by atoms with Crippen molar-refractivity contribution >= 4 is 5.91 Å². The Hall–Kier alpha value is -0.610. The van der Waals surface area contributed by atoms with E-state index >= 15 is 0 Å². The minimum Gasteiger partial charge on any atom is -0.303 e. The van der Waals surface area contributed by atoms with Gasteiger partial charge in [0, 0.05) is 13.0 Å². The number of rotatable bonds is 3. The lowest BCUT2D eigenvalue weighted by atomic mass is 10.1. The van der Waals surface area contributed by atoms with Gasteiger partial charge in [0.05, 0.1) is 0 Å². The number of nitrogens with one attached hydrogen (secondary N) is 1. The summed E-state index contributed by atoms with van der Waals surface area (Å²) in [6.45, 7) is 3.12. The van der Waals surface area contributed by atoms with E-state index in [-0.39, 0.29) is 5.91 Å². The number of hydrogen-bond donors (Lipinski definition) is 2. The Morgan fingerprint density at radius 2 is 2.00 bits per heavy atom. The van der Waals surface area contributed by atoms with Crippen molar-refractivity contribution in [2.24, 2.45) is 5.84 Å². The highest BCUT2D eigenvalue weighted by molar-refractivity contribution is 5.75. The summed E-state index contributed by atoms with van der Waals surface area (Å²) in [5.41, 5.74) is 2.14. The van der Waals surface area contributed by atoms with Crippen LogP contribution in [0.5, 0.6) is 0 Å². The smallest absolute Gasteiger partial charge is 0.235 e. The number of nitrogens with zero attached hydrogens (tertiary/aromatic N) is 1. The normalized spacial score (nSPS) is 19.1. The second-order valence-corrected chi connectivity index (χ2v) is 3.22. The first-order valence-corrected chi connectivity index (χ1v) is 4.55. The highest BCUT2D eigenvalue weighted by Gasteiger charge is 2.10. The molecule has 0 saturated carbocycles. The van der Waals surface area contributed by atoms with Crippen molar-refractivity contribution in [2.45, 2.75) is 25.7 Å². The van der Waals surface area contributed by atoms with Crippen LogP contribution in [0.15, 0.2) is 0 Å². The molecule has 4 heteroatoms. The molecule has 0 aromatic heterocycles. The molecule has 3 N–H and O–H groups in total. The highest BCUT2D eigenvalue weighted by Crippen LogP contribution is 2.08. The molecule has 0 unspecified atom stereocenters. The first-order chi connectivity index (χ1) is 5.83. The topological polar surface area (TPSA) is 58.4 Å². The van der Waals surface area contributed by atoms with Gasteiger partial charge in [0.2, 0.25) is 5.91 Å². The lowest BCUT2D eigenvalue weighted by Gasteiger charge is -2.25. The molecule has 1 fully saturated rings. The molecule has 0 spiro atoms. The standard InChI is InChI=1S/C8H17N3O/c9-10-8(12)4-7-11-5-2-1-3-6-11/h1-7,9H2,(H,10,12). The molecule has 0 radical (unpaired) electrons. The SMILES string of the molecule is NNC(=O)CCN1CCCCC1. The second kappa shape index (κ2) is 5.11. The molecule has 0 atom stereocenters. The van der Waals surface area contributed by atoms with E-state index in [0.29, 0.717) is 6.42 Å². The Morgan fingerprint density at radius 3 is 2.58 bits per heavy atom. The fraction of sp³-hybridized carbons (Fsp3) is 0.875. The van der Waals surface area contributed by atoms with Crippen LogP contribution in [0, 0.1) is 0 Å². The first-order valence-electron chi connectivity index (χ1n) is 4.55. The van der Waals surface area contributed by atoms with E-state index in [9.17, 15) is 4.79 Å². The van der Waals surface area contributed by atoms with Crippen LogP contribution in [0.4, 0.5) is 0 Å². The molecule has 70 valence electrons. The van der Waals surface area contributed by atoms with Crippen LogP contribution in [0.25, 0.3) is 0 Å². The van der Waals surface area contributed by atoms with Crippen molar-refractivity contribution in [1.29, 1.82) is 0 Å². The van der Waals surface area contributed by atoms with Gasteiger partial charge in [0.25, 0.3) is 0 Å². The van der Waals surface area contributed by atoms with E-state index in [2.05, 4.69) is 10.3 Å². The van der Waals surface area contributed by atoms with Gasteiger partial charge in [-0.2, -0.15) is 0 Å². The van der Waals surface area contributed by atoms with Crippen molar-refractivity contribution in [3.63, 3.8) is 0 Å². The Labute approximate surface area is 73.1 Å². The van der Waals surface area contributed by atoms with E-state index in [1.54, 1.807) is 0 Å². The van der Waals surface area contributed by atoms with Gasteiger partial charge in [-0.3, -0.25) is 10.2 Å². The molecule has 0 bridgehead atoms. The molecular formula is C8H17N3O. The third-order valence-electron chi connectivity index (χ3n) is 2.26. The summed E-state index contributed by atoms with van der Waals surface area (Å²) in [5, 5.41) is 0. The Morgan fingerprint density at radius 1 is 1.33 bits per heavy atom. The summed E-state index contributed by atoms with van der Waals surface area (Å²) in [6, 6.07) is 0. The van der Waals surface area contributed by atoms with E-state index < -0.39 is 0 Å². The molecule has 1 aliphatic heterocycles. The van der Waals surface area contributed by atoms with Crippen molar-refractivity contribution in [2.75, 3.05) is 19.6 Å². The number of carbonyl (C=O) groups is 1. The van der Waals surface area contributed by atoms with Crippen molar-refractivity contribution < 1.29 is 4.79 Å². The van der Waals surface area contributed by atoms with Crippen LogP contribution in [-0.4, -0.2) is 30.4 Å². The van der Waals surface area contributed by atoms with Gasteiger partial charge in [-0.25, -0.2) is 5.84 Å². The molecule has 0 aromatic carbocycles. The molecule has 1 heterocycles. The third kappa shape index (κ3) is 3.19. The number of hydrazine groups is 1. The van der Waals surface area contributed by atoms with E-state index in [1.165, 1.54) is 19.3 Å². The zero-order chi connectivity index (χ0) is 8.81. The fourth-order valence-corrected chi connectivity index (χ4v) is 1.51. The molecule has 1 rings (SSSR count). The van der Waals surface area contributed by atoms with Gasteiger partial charge in [-0.1, -0.05) is 6.42 Å². The molecule has 1 aliphatic rings. The number of nitrogens with two attached hydrogens (primary N) is 1. The average Bonchev–Trinajstić information content (AvgIpc) is 2.16. The Bertz CT molecular complexity index is 143. The molecule has 4 nitrogen and oxygen atoms in total. The monoisotopic (exact) mass is 171 g/mol. The maximum Gasteiger partial charge on any atom is 0.235 e.